The molecule has 1 aromatic carbocycles. The lowest BCUT2D eigenvalue weighted by atomic mass is 9.85. The molecule has 0 N–H and O–H groups in total. The fourth-order valence-corrected chi connectivity index (χ4v) is 5.02. The van der Waals surface area contributed by atoms with E-state index in [2.05, 4.69) is 47.1 Å². The van der Waals surface area contributed by atoms with Crippen molar-refractivity contribution in [2.45, 2.75) is 58.3 Å². The van der Waals surface area contributed by atoms with Crippen LogP contribution in [0, 0.1) is 0 Å². The maximum atomic E-state index is 3.86. The van der Waals surface area contributed by atoms with Crippen LogP contribution in [0.4, 0.5) is 0 Å². The summed E-state index contributed by atoms with van der Waals surface area (Å²) in [5.41, 5.74) is 11.3. The zero-order valence-electron chi connectivity index (χ0n) is 13.3. The van der Waals surface area contributed by atoms with Gasteiger partial charge in [-0.3, -0.25) is 0 Å². The highest BCUT2D eigenvalue weighted by molar-refractivity contribution is 9.10. The van der Waals surface area contributed by atoms with Crippen LogP contribution in [0.1, 0.15) is 61.3 Å². The molecule has 0 atom stereocenters. The second-order valence-corrected chi connectivity index (χ2v) is 7.80. The Morgan fingerprint density at radius 2 is 1.86 bits per heavy atom. The van der Waals surface area contributed by atoms with E-state index < -0.39 is 0 Å². The van der Waals surface area contributed by atoms with Crippen LogP contribution in [-0.4, -0.2) is 0 Å². The normalized spacial score (nSPS) is 19.5. The summed E-state index contributed by atoms with van der Waals surface area (Å²) in [5, 5.41) is 0. The molecular weight excluding hydrogens is 332 g/mol. The monoisotopic (exact) mass is 354 g/mol. The molecule has 0 unspecified atom stereocenters. The Labute approximate surface area is 142 Å². The number of halogens is 1. The van der Waals surface area contributed by atoms with Crippen LogP contribution in [0.3, 0.4) is 0 Å². The summed E-state index contributed by atoms with van der Waals surface area (Å²) >= 11 is 3.86. The van der Waals surface area contributed by atoms with Gasteiger partial charge in [-0.15, -0.1) is 0 Å². The third kappa shape index (κ3) is 2.44. The highest BCUT2D eigenvalue weighted by Crippen LogP contribution is 2.43. The Morgan fingerprint density at radius 3 is 2.64 bits per heavy atom. The summed E-state index contributed by atoms with van der Waals surface area (Å²) in [4.78, 5) is 0. The molecule has 1 aromatic rings. The summed E-state index contributed by atoms with van der Waals surface area (Å²) in [7, 11) is 0. The first-order valence-corrected chi connectivity index (χ1v) is 9.40. The Bertz CT molecular complexity index is 716. The topological polar surface area (TPSA) is 0 Å². The van der Waals surface area contributed by atoms with Crippen molar-refractivity contribution < 1.29 is 0 Å². The predicted molar refractivity (Wildman–Crippen MR) is 98.2 cm³/mol. The lowest BCUT2D eigenvalue weighted by Gasteiger charge is -2.22. The van der Waals surface area contributed by atoms with Gasteiger partial charge in [0.25, 0.3) is 0 Å². The van der Waals surface area contributed by atoms with Gasteiger partial charge in [0.05, 0.1) is 0 Å². The van der Waals surface area contributed by atoms with E-state index in [0.29, 0.717) is 0 Å². The Balaban J connectivity index is 1.65. The van der Waals surface area contributed by atoms with Gasteiger partial charge in [0.2, 0.25) is 0 Å². The largest absolute Gasteiger partial charge is 0.0805 e. The second-order valence-electron chi connectivity index (χ2n) is 6.94. The molecule has 0 aromatic heterocycles. The minimum absolute atomic E-state index is 1.16. The SMILES string of the molecule is CC1=C(CCC2=CC=CC2)c2cc(Br)c3c(c2C1)CCCC3. The van der Waals surface area contributed by atoms with Crippen molar-refractivity contribution in [1.82, 2.24) is 0 Å². The van der Waals surface area contributed by atoms with Crippen LogP contribution in [0.2, 0.25) is 0 Å². The van der Waals surface area contributed by atoms with Gasteiger partial charge in [-0.1, -0.05) is 45.3 Å². The van der Waals surface area contributed by atoms with Crippen LogP contribution >= 0.6 is 15.9 Å². The van der Waals surface area contributed by atoms with Gasteiger partial charge in [-0.2, -0.15) is 0 Å². The molecule has 0 saturated carbocycles. The summed E-state index contributed by atoms with van der Waals surface area (Å²) in [5.74, 6) is 0. The maximum Gasteiger partial charge on any atom is 0.0216 e. The summed E-state index contributed by atoms with van der Waals surface area (Å²) in [6, 6.07) is 2.42. The fourth-order valence-electron chi connectivity index (χ4n) is 4.35. The van der Waals surface area contributed by atoms with E-state index in [9.17, 15) is 0 Å². The standard InChI is InChI=1S/C21H23Br/c1-14-12-19-17-8-4-5-9-18(17)21(22)13-20(19)16(14)11-10-15-6-2-3-7-15/h2-3,6,13H,4-5,7-12H2,1H3. The minimum atomic E-state index is 1.16. The molecule has 0 nitrogen and oxygen atoms in total. The lowest BCUT2D eigenvalue weighted by molar-refractivity contribution is 0.677. The highest BCUT2D eigenvalue weighted by Gasteiger charge is 2.26. The van der Waals surface area contributed by atoms with E-state index in [1.165, 1.54) is 49.4 Å². The van der Waals surface area contributed by atoms with Crippen molar-refractivity contribution in [3.8, 4) is 0 Å². The number of rotatable bonds is 3. The van der Waals surface area contributed by atoms with Crippen molar-refractivity contribution in [2.75, 3.05) is 0 Å². The highest BCUT2D eigenvalue weighted by atomic mass is 79.9. The van der Waals surface area contributed by atoms with Gasteiger partial charge in [-0.05, 0) is 92.2 Å². The molecule has 0 bridgehead atoms. The predicted octanol–water partition coefficient (Wildman–Crippen LogP) is 6.32. The quantitative estimate of drug-likeness (QED) is 0.595. The third-order valence-electron chi connectivity index (χ3n) is 5.54. The van der Waals surface area contributed by atoms with Crippen molar-refractivity contribution in [2.24, 2.45) is 0 Å². The fraction of sp³-hybridized carbons (Fsp3) is 0.429. The third-order valence-corrected chi connectivity index (χ3v) is 6.25. The Hall–Kier alpha value is -1.08. The number of allylic oxidation sites excluding steroid dienone is 6. The molecule has 3 aliphatic carbocycles. The van der Waals surface area contributed by atoms with Gasteiger partial charge in [-0.25, -0.2) is 0 Å². The summed E-state index contributed by atoms with van der Waals surface area (Å²) < 4.78 is 1.36. The molecule has 0 fully saturated rings. The van der Waals surface area contributed by atoms with Crippen molar-refractivity contribution in [1.29, 1.82) is 0 Å². The average Bonchev–Trinajstić information content (AvgIpc) is 3.14. The molecule has 0 saturated heterocycles. The lowest BCUT2D eigenvalue weighted by Crippen LogP contribution is -2.08. The molecule has 0 radical (unpaired) electrons. The van der Waals surface area contributed by atoms with Gasteiger partial charge >= 0.3 is 0 Å². The van der Waals surface area contributed by atoms with Crippen LogP contribution in [0.15, 0.2) is 39.9 Å². The van der Waals surface area contributed by atoms with Gasteiger partial charge in [0.1, 0.15) is 0 Å². The molecule has 0 spiro atoms. The van der Waals surface area contributed by atoms with Crippen LogP contribution in [0.25, 0.3) is 5.57 Å². The number of hydrogen-bond donors (Lipinski definition) is 0. The van der Waals surface area contributed by atoms with E-state index in [1.807, 2.05) is 0 Å². The smallest absolute Gasteiger partial charge is 0.0216 e. The average molecular weight is 355 g/mol. The van der Waals surface area contributed by atoms with Gasteiger partial charge in [0.15, 0.2) is 0 Å². The van der Waals surface area contributed by atoms with E-state index >= 15 is 0 Å². The Kier molecular flexibility index (Phi) is 3.86. The molecule has 0 aliphatic heterocycles. The van der Waals surface area contributed by atoms with Crippen LogP contribution in [0.5, 0.6) is 0 Å². The van der Waals surface area contributed by atoms with E-state index in [-0.39, 0.29) is 0 Å². The molecule has 3 aliphatic rings. The van der Waals surface area contributed by atoms with Gasteiger partial charge in [0, 0.05) is 4.47 Å². The van der Waals surface area contributed by atoms with Crippen molar-refractivity contribution in [3.63, 3.8) is 0 Å². The van der Waals surface area contributed by atoms with Crippen molar-refractivity contribution >= 4 is 21.5 Å². The van der Waals surface area contributed by atoms with Crippen LogP contribution < -0.4 is 0 Å². The molecular formula is C21H23Br. The molecule has 0 heterocycles. The molecule has 0 amide bonds. The van der Waals surface area contributed by atoms with E-state index in [1.54, 1.807) is 39.0 Å². The number of benzene rings is 1. The van der Waals surface area contributed by atoms with Gasteiger partial charge < -0.3 is 0 Å². The zero-order chi connectivity index (χ0) is 15.1. The first-order valence-electron chi connectivity index (χ1n) is 8.60. The first-order chi connectivity index (χ1) is 10.7. The first kappa shape index (κ1) is 14.5. The summed E-state index contributed by atoms with van der Waals surface area (Å²) in [6.45, 7) is 2.35. The molecule has 114 valence electrons. The molecule has 1 heteroatoms. The summed E-state index contributed by atoms with van der Waals surface area (Å²) in [6.07, 6.45) is 16.8. The maximum absolute atomic E-state index is 3.86. The van der Waals surface area contributed by atoms with E-state index in [4.69, 9.17) is 0 Å². The zero-order valence-corrected chi connectivity index (χ0v) is 14.9. The second kappa shape index (κ2) is 5.85. The van der Waals surface area contributed by atoms with Crippen molar-refractivity contribution in [3.05, 3.63) is 62.2 Å². The van der Waals surface area contributed by atoms with E-state index in [0.717, 1.165) is 6.42 Å². The Morgan fingerprint density at radius 1 is 1.05 bits per heavy atom. The number of fused-ring (bicyclic) bond motifs is 3. The molecule has 22 heavy (non-hydrogen) atoms. The van der Waals surface area contributed by atoms with Crippen LogP contribution in [-0.2, 0) is 19.3 Å². The molecule has 4 rings (SSSR count). The minimum Gasteiger partial charge on any atom is -0.0805 e. The number of hydrogen-bond acceptors (Lipinski definition) is 0.